The van der Waals surface area contributed by atoms with E-state index in [1.807, 2.05) is 0 Å². The van der Waals surface area contributed by atoms with Crippen LogP contribution in [0.1, 0.15) is 20.7 Å². The average molecular weight is 488 g/mol. The molecule has 0 saturated heterocycles. The van der Waals surface area contributed by atoms with Crippen LogP contribution in [0.4, 0.5) is 0 Å². The van der Waals surface area contributed by atoms with E-state index in [2.05, 4.69) is 36.6 Å². The second-order valence-corrected chi connectivity index (χ2v) is 6.72. The number of benzene rings is 2. The van der Waals surface area contributed by atoms with Crippen LogP contribution in [0.3, 0.4) is 0 Å². The normalized spacial score (nSPS) is 10.3. The SMILES string of the molecule is COCCOc1ccc(C(=O)Oc2ccc(C(=O)OC)cc2Br)cc1Br. The molecule has 0 aromatic heterocycles. The smallest absolute Gasteiger partial charge is 0.343 e. The summed E-state index contributed by atoms with van der Waals surface area (Å²) in [5.41, 5.74) is 0.694. The number of carbonyl (C=O) groups is 2. The van der Waals surface area contributed by atoms with Gasteiger partial charge in [0.25, 0.3) is 0 Å². The first-order chi connectivity index (χ1) is 12.5. The van der Waals surface area contributed by atoms with Gasteiger partial charge in [0.2, 0.25) is 0 Å². The highest BCUT2D eigenvalue weighted by Gasteiger charge is 2.15. The Bertz CT molecular complexity index is 806. The van der Waals surface area contributed by atoms with Gasteiger partial charge in [-0.2, -0.15) is 0 Å². The van der Waals surface area contributed by atoms with Crippen molar-refractivity contribution >= 4 is 43.8 Å². The Morgan fingerprint density at radius 3 is 1.96 bits per heavy atom. The van der Waals surface area contributed by atoms with E-state index < -0.39 is 11.9 Å². The zero-order valence-corrected chi connectivity index (χ0v) is 17.3. The number of rotatable bonds is 7. The monoisotopic (exact) mass is 486 g/mol. The molecular weight excluding hydrogens is 472 g/mol. The fraction of sp³-hybridized carbons (Fsp3) is 0.222. The van der Waals surface area contributed by atoms with Crippen LogP contribution in [0.5, 0.6) is 11.5 Å². The van der Waals surface area contributed by atoms with E-state index in [4.69, 9.17) is 14.2 Å². The van der Waals surface area contributed by atoms with E-state index in [9.17, 15) is 9.59 Å². The Balaban J connectivity index is 2.10. The van der Waals surface area contributed by atoms with Gasteiger partial charge in [0.1, 0.15) is 18.1 Å². The quantitative estimate of drug-likeness (QED) is 0.330. The molecule has 138 valence electrons. The van der Waals surface area contributed by atoms with Crippen molar-refractivity contribution in [2.24, 2.45) is 0 Å². The molecule has 2 rings (SSSR count). The van der Waals surface area contributed by atoms with Crippen LogP contribution in [0.25, 0.3) is 0 Å². The lowest BCUT2D eigenvalue weighted by Gasteiger charge is -2.10. The van der Waals surface area contributed by atoms with Gasteiger partial charge in [-0.05, 0) is 68.3 Å². The molecule has 0 N–H and O–H groups in total. The highest BCUT2D eigenvalue weighted by molar-refractivity contribution is 9.10. The van der Waals surface area contributed by atoms with Crippen LogP contribution in [0.2, 0.25) is 0 Å². The lowest BCUT2D eigenvalue weighted by atomic mass is 10.2. The Kier molecular flexibility index (Phi) is 7.62. The molecule has 0 aliphatic carbocycles. The van der Waals surface area contributed by atoms with Gasteiger partial charge in [0.05, 0.1) is 33.8 Å². The van der Waals surface area contributed by atoms with Crippen molar-refractivity contribution in [1.82, 2.24) is 0 Å². The molecule has 0 spiro atoms. The molecule has 6 nitrogen and oxygen atoms in total. The molecule has 0 aliphatic rings. The maximum absolute atomic E-state index is 12.3. The van der Waals surface area contributed by atoms with Crippen LogP contribution in [-0.4, -0.2) is 39.4 Å². The summed E-state index contributed by atoms with van der Waals surface area (Å²) >= 11 is 6.65. The fourth-order valence-corrected chi connectivity index (χ4v) is 2.92. The van der Waals surface area contributed by atoms with E-state index in [1.165, 1.54) is 25.3 Å². The van der Waals surface area contributed by atoms with E-state index in [-0.39, 0.29) is 0 Å². The van der Waals surface area contributed by atoms with Gasteiger partial charge in [0.15, 0.2) is 0 Å². The second-order valence-electron chi connectivity index (χ2n) is 5.01. The van der Waals surface area contributed by atoms with Crippen molar-refractivity contribution in [3.63, 3.8) is 0 Å². The van der Waals surface area contributed by atoms with Crippen molar-refractivity contribution in [1.29, 1.82) is 0 Å². The van der Waals surface area contributed by atoms with E-state index in [0.29, 0.717) is 44.8 Å². The predicted molar refractivity (Wildman–Crippen MR) is 102 cm³/mol. The van der Waals surface area contributed by atoms with Gasteiger partial charge in [-0.15, -0.1) is 0 Å². The Morgan fingerprint density at radius 1 is 0.846 bits per heavy atom. The fourth-order valence-electron chi connectivity index (χ4n) is 1.97. The van der Waals surface area contributed by atoms with Crippen molar-refractivity contribution in [2.75, 3.05) is 27.4 Å². The van der Waals surface area contributed by atoms with E-state index in [0.717, 1.165) is 0 Å². The standard InChI is InChI=1S/C18H16Br2O6/c1-23-7-8-25-15-5-3-12(10-13(15)19)18(22)26-16-6-4-11(9-14(16)20)17(21)24-2/h3-6,9-10H,7-8H2,1-2H3. The number of carbonyl (C=O) groups excluding carboxylic acids is 2. The Hall–Kier alpha value is -1.90. The van der Waals surface area contributed by atoms with Crippen LogP contribution in [-0.2, 0) is 9.47 Å². The van der Waals surface area contributed by atoms with Gasteiger partial charge in [-0.25, -0.2) is 9.59 Å². The topological polar surface area (TPSA) is 71.1 Å². The van der Waals surface area contributed by atoms with Gasteiger partial charge < -0.3 is 18.9 Å². The summed E-state index contributed by atoms with van der Waals surface area (Å²) in [7, 11) is 2.89. The molecule has 0 radical (unpaired) electrons. The number of esters is 2. The molecule has 26 heavy (non-hydrogen) atoms. The summed E-state index contributed by atoms with van der Waals surface area (Å²) in [5, 5.41) is 0. The number of halogens is 2. The largest absolute Gasteiger partial charge is 0.490 e. The molecule has 8 heteroatoms. The van der Waals surface area contributed by atoms with Gasteiger partial charge in [0, 0.05) is 7.11 Å². The van der Waals surface area contributed by atoms with Crippen molar-refractivity contribution < 1.29 is 28.5 Å². The number of ether oxygens (including phenoxy) is 4. The van der Waals surface area contributed by atoms with E-state index >= 15 is 0 Å². The third-order valence-corrected chi connectivity index (χ3v) is 4.51. The molecule has 0 fully saturated rings. The Morgan fingerprint density at radius 2 is 1.42 bits per heavy atom. The van der Waals surface area contributed by atoms with Crippen molar-refractivity contribution in [3.05, 3.63) is 56.5 Å². The molecule has 0 amide bonds. The maximum atomic E-state index is 12.3. The van der Waals surface area contributed by atoms with Crippen molar-refractivity contribution in [3.8, 4) is 11.5 Å². The number of hydrogen-bond donors (Lipinski definition) is 0. The Labute approximate surface area is 167 Å². The molecule has 0 aliphatic heterocycles. The first-order valence-electron chi connectivity index (χ1n) is 7.47. The molecule has 0 saturated carbocycles. The minimum Gasteiger partial charge on any atom is -0.490 e. The third-order valence-electron chi connectivity index (χ3n) is 3.27. The minimum atomic E-state index is -0.541. The summed E-state index contributed by atoms with van der Waals surface area (Å²) in [6, 6.07) is 9.45. The highest BCUT2D eigenvalue weighted by atomic mass is 79.9. The summed E-state index contributed by atoms with van der Waals surface area (Å²) < 4.78 is 21.6. The highest BCUT2D eigenvalue weighted by Crippen LogP contribution is 2.29. The molecule has 0 heterocycles. The van der Waals surface area contributed by atoms with Gasteiger partial charge >= 0.3 is 11.9 Å². The van der Waals surface area contributed by atoms with Crippen LogP contribution in [0.15, 0.2) is 45.3 Å². The third kappa shape index (κ3) is 5.30. The molecule has 2 aromatic carbocycles. The first-order valence-corrected chi connectivity index (χ1v) is 9.06. The number of hydrogen-bond acceptors (Lipinski definition) is 6. The van der Waals surface area contributed by atoms with Crippen LogP contribution in [0, 0.1) is 0 Å². The van der Waals surface area contributed by atoms with Gasteiger partial charge in [-0.3, -0.25) is 0 Å². The van der Waals surface area contributed by atoms with Crippen molar-refractivity contribution in [2.45, 2.75) is 0 Å². The maximum Gasteiger partial charge on any atom is 0.343 e. The zero-order valence-electron chi connectivity index (χ0n) is 14.1. The lowest BCUT2D eigenvalue weighted by molar-refractivity contribution is 0.0600. The predicted octanol–water partition coefficient (Wildman–Crippen LogP) is 4.24. The first kappa shape index (κ1) is 20.4. The van der Waals surface area contributed by atoms with Crippen LogP contribution < -0.4 is 9.47 Å². The molecule has 0 atom stereocenters. The summed E-state index contributed by atoms with van der Waals surface area (Å²) in [5.74, 6) is -0.126. The molecule has 2 aromatic rings. The number of methoxy groups -OCH3 is 2. The van der Waals surface area contributed by atoms with Crippen LogP contribution >= 0.6 is 31.9 Å². The average Bonchev–Trinajstić information content (AvgIpc) is 2.64. The summed E-state index contributed by atoms with van der Waals surface area (Å²) in [6.07, 6.45) is 0. The molecular formula is C18H16Br2O6. The molecule has 0 unspecified atom stereocenters. The summed E-state index contributed by atoms with van der Waals surface area (Å²) in [4.78, 5) is 23.9. The summed E-state index contributed by atoms with van der Waals surface area (Å²) in [6.45, 7) is 0.865. The lowest BCUT2D eigenvalue weighted by Crippen LogP contribution is -2.10. The zero-order chi connectivity index (χ0) is 19.1. The van der Waals surface area contributed by atoms with E-state index in [1.54, 1.807) is 25.3 Å². The molecule has 0 bridgehead atoms. The minimum absolute atomic E-state index is 0.291. The van der Waals surface area contributed by atoms with Gasteiger partial charge in [-0.1, -0.05) is 0 Å². The second kappa shape index (κ2) is 9.70.